The van der Waals surface area contributed by atoms with Crippen LogP contribution < -0.4 is 26.5 Å². The molecule has 2 aromatic heterocycles. The number of benzene rings is 4. The van der Waals surface area contributed by atoms with Crippen LogP contribution in [0.4, 0.5) is 5.82 Å². The van der Waals surface area contributed by atoms with Gasteiger partial charge in [0.1, 0.15) is 11.8 Å². The number of hydrogen-bond donors (Lipinski definition) is 1. The molecule has 1 aliphatic carbocycles. The second-order valence-electron chi connectivity index (χ2n) is 16.3. The maximum Gasteiger partial charge on any atom is 0.261 e. The van der Waals surface area contributed by atoms with E-state index >= 15 is 0 Å². The summed E-state index contributed by atoms with van der Waals surface area (Å²) >= 11 is 0. The smallest absolute Gasteiger partial charge is 0.261 e. The SMILES string of the molecule is CC(C)(C)[Si](OC[C@H]1C[C@@H](n2cnc3c(N)ncnc32)[C@H]1CO[Si](c1ccccc1)(c1ccccc1)C(C)(C)C)(c1ccccc1)c1ccccc1. The Bertz CT molecular complexity index is 2000. The maximum atomic E-state index is 7.64. The summed E-state index contributed by atoms with van der Waals surface area (Å²) in [4.78, 5) is 13.5. The van der Waals surface area contributed by atoms with E-state index in [1.165, 1.54) is 27.1 Å². The van der Waals surface area contributed by atoms with Crippen molar-refractivity contribution >= 4 is 54.4 Å². The fourth-order valence-corrected chi connectivity index (χ4v) is 17.8. The molecule has 0 bridgehead atoms. The van der Waals surface area contributed by atoms with Crippen LogP contribution in [0.1, 0.15) is 54.0 Å². The number of fused-ring (bicyclic) bond motifs is 1. The molecule has 9 heteroatoms. The molecule has 0 saturated heterocycles. The second kappa shape index (κ2) is 14.2. The van der Waals surface area contributed by atoms with Crippen molar-refractivity contribution in [3.8, 4) is 0 Å². The lowest BCUT2D eigenvalue weighted by Gasteiger charge is -2.51. The summed E-state index contributed by atoms with van der Waals surface area (Å²) in [6.45, 7) is 15.2. The molecule has 0 radical (unpaired) electrons. The van der Waals surface area contributed by atoms with Crippen LogP contribution >= 0.6 is 0 Å². The van der Waals surface area contributed by atoms with E-state index in [4.69, 9.17) is 14.6 Å². The van der Waals surface area contributed by atoms with Crippen LogP contribution in [0.3, 0.4) is 0 Å². The third-order valence-corrected chi connectivity index (χ3v) is 21.2. The highest BCUT2D eigenvalue weighted by Crippen LogP contribution is 2.48. The number of nitrogen functional groups attached to an aromatic ring is 1. The van der Waals surface area contributed by atoms with Crippen molar-refractivity contribution in [1.82, 2.24) is 19.5 Å². The minimum atomic E-state index is -2.80. The Morgan fingerprint density at radius 3 is 1.46 bits per heavy atom. The monoisotopic (exact) mass is 725 g/mol. The minimum Gasteiger partial charge on any atom is -0.407 e. The van der Waals surface area contributed by atoms with E-state index in [1.54, 1.807) is 0 Å². The van der Waals surface area contributed by atoms with Gasteiger partial charge in [0.25, 0.3) is 16.6 Å². The standard InChI is InChI=1S/C43H51N5O2Si2/c1-42(2,3)51(33-19-11-7-12-20-33,34-21-13-8-14-22-34)49-28-32-27-38(48-31-47-39-40(44)45-30-46-41(39)48)37(32)29-50-52(43(4,5)6,35-23-15-9-16-24-35)36-25-17-10-18-26-36/h7-26,30-32,37-38H,27-29H2,1-6H3,(H2,44,45,46)/t32-,37+,38-/m1/s1. The first-order valence-electron chi connectivity index (χ1n) is 18.4. The Balaban J connectivity index is 1.29. The quantitative estimate of drug-likeness (QED) is 0.149. The molecular formula is C43H51N5O2Si2. The molecule has 2 heterocycles. The van der Waals surface area contributed by atoms with Crippen LogP contribution in [-0.2, 0) is 8.85 Å². The van der Waals surface area contributed by atoms with E-state index in [9.17, 15) is 0 Å². The highest BCUT2D eigenvalue weighted by atomic mass is 28.4. The van der Waals surface area contributed by atoms with Gasteiger partial charge in [-0.3, -0.25) is 0 Å². The molecule has 52 heavy (non-hydrogen) atoms. The molecule has 7 nitrogen and oxygen atoms in total. The number of anilines is 1. The van der Waals surface area contributed by atoms with Crippen molar-refractivity contribution in [2.24, 2.45) is 11.8 Å². The Labute approximate surface area is 310 Å². The van der Waals surface area contributed by atoms with E-state index in [0.717, 1.165) is 12.1 Å². The van der Waals surface area contributed by atoms with E-state index in [-0.39, 0.29) is 28.0 Å². The fourth-order valence-electron chi connectivity index (χ4n) is 8.63. The van der Waals surface area contributed by atoms with Gasteiger partial charge in [-0.25, -0.2) is 15.0 Å². The molecule has 2 N–H and O–H groups in total. The Morgan fingerprint density at radius 2 is 1.04 bits per heavy atom. The van der Waals surface area contributed by atoms with Gasteiger partial charge in [-0.2, -0.15) is 0 Å². The lowest BCUT2D eigenvalue weighted by Crippen LogP contribution is -2.68. The summed E-state index contributed by atoms with van der Waals surface area (Å²) in [5.74, 6) is 0.796. The van der Waals surface area contributed by atoms with Crippen molar-refractivity contribution in [3.05, 3.63) is 134 Å². The average Bonchev–Trinajstić information content (AvgIpc) is 3.56. The van der Waals surface area contributed by atoms with Gasteiger partial charge in [0.15, 0.2) is 11.5 Å². The first-order chi connectivity index (χ1) is 25.0. The number of aromatic nitrogens is 4. The lowest BCUT2D eigenvalue weighted by molar-refractivity contribution is 0.00314. The predicted molar refractivity (Wildman–Crippen MR) is 218 cm³/mol. The van der Waals surface area contributed by atoms with Gasteiger partial charge >= 0.3 is 0 Å². The Morgan fingerprint density at radius 1 is 0.615 bits per heavy atom. The van der Waals surface area contributed by atoms with Crippen molar-refractivity contribution in [3.63, 3.8) is 0 Å². The maximum absolute atomic E-state index is 7.64. The van der Waals surface area contributed by atoms with Gasteiger partial charge in [-0.05, 0) is 43.2 Å². The van der Waals surface area contributed by atoms with Gasteiger partial charge in [0.2, 0.25) is 0 Å². The Hall–Kier alpha value is -4.42. The summed E-state index contributed by atoms with van der Waals surface area (Å²) in [5.41, 5.74) is 7.67. The van der Waals surface area contributed by atoms with E-state index in [1.807, 2.05) is 6.33 Å². The van der Waals surface area contributed by atoms with Gasteiger partial charge < -0.3 is 19.2 Å². The van der Waals surface area contributed by atoms with Crippen molar-refractivity contribution < 1.29 is 8.85 Å². The molecule has 0 unspecified atom stereocenters. The molecule has 0 aliphatic heterocycles. The zero-order valence-electron chi connectivity index (χ0n) is 31.2. The molecule has 6 aromatic rings. The third-order valence-electron chi connectivity index (χ3n) is 11.2. The molecule has 0 amide bonds. The molecular weight excluding hydrogens is 675 g/mol. The van der Waals surface area contributed by atoms with Crippen LogP contribution in [0.25, 0.3) is 11.2 Å². The second-order valence-corrected chi connectivity index (χ2v) is 24.9. The van der Waals surface area contributed by atoms with Crippen molar-refractivity contribution in [1.29, 1.82) is 0 Å². The topological polar surface area (TPSA) is 88.1 Å². The molecule has 1 fully saturated rings. The number of nitrogens with two attached hydrogens (primary N) is 1. The molecule has 1 aliphatic rings. The van der Waals surface area contributed by atoms with Crippen LogP contribution in [0.15, 0.2) is 134 Å². The molecule has 7 rings (SSSR count). The summed E-state index contributed by atoms with van der Waals surface area (Å²) in [7, 11) is -5.55. The zero-order valence-corrected chi connectivity index (χ0v) is 33.2. The van der Waals surface area contributed by atoms with Crippen molar-refractivity contribution in [2.45, 2.75) is 64.1 Å². The van der Waals surface area contributed by atoms with Gasteiger partial charge in [0.05, 0.1) is 6.33 Å². The molecule has 3 atom stereocenters. The van der Waals surface area contributed by atoms with E-state index in [0.29, 0.717) is 24.5 Å². The molecule has 4 aromatic carbocycles. The minimum absolute atomic E-state index is 0.116. The predicted octanol–water partition coefficient (Wildman–Crippen LogP) is 6.74. The van der Waals surface area contributed by atoms with E-state index in [2.05, 4.69) is 182 Å². The normalized spacial score (nSPS) is 18.3. The summed E-state index contributed by atoms with van der Waals surface area (Å²) in [6.07, 6.45) is 4.34. The van der Waals surface area contributed by atoms with Crippen molar-refractivity contribution in [2.75, 3.05) is 18.9 Å². The lowest BCUT2D eigenvalue weighted by atomic mass is 9.70. The first kappa shape index (κ1) is 36.0. The van der Waals surface area contributed by atoms with Gasteiger partial charge in [-0.15, -0.1) is 0 Å². The molecule has 1 saturated carbocycles. The summed E-state index contributed by atoms with van der Waals surface area (Å²) in [5, 5.41) is 4.88. The highest BCUT2D eigenvalue weighted by Gasteiger charge is 2.54. The van der Waals surface area contributed by atoms with E-state index < -0.39 is 16.6 Å². The van der Waals surface area contributed by atoms with Crippen LogP contribution in [-0.4, -0.2) is 49.4 Å². The number of nitrogens with zero attached hydrogens (tertiary/aromatic N) is 4. The van der Waals surface area contributed by atoms with Crippen LogP contribution in [0.5, 0.6) is 0 Å². The first-order valence-corrected chi connectivity index (χ1v) is 22.2. The summed E-state index contributed by atoms with van der Waals surface area (Å²) < 4.78 is 17.4. The fraction of sp³-hybridized carbons (Fsp3) is 0.326. The zero-order chi connectivity index (χ0) is 36.6. The number of hydrogen-bond acceptors (Lipinski definition) is 6. The number of imidazole rings is 1. The van der Waals surface area contributed by atoms with Crippen LogP contribution in [0, 0.1) is 11.8 Å². The largest absolute Gasteiger partial charge is 0.407 e. The highest BCUT2D eigenvalue weighted by molar-refractivity contribution is 7.00. The summed E-state index contributed by atoms with van der Waals surface area (Å²) in [6, 6.07) is 43.7. The third kappa shape index (κ3) is 6.23. The Kier molecular flexibility index (Phi) is 9.82. The molecule has 268 valence electrons. The van der Waals surface area contributed by atoms with Gasteiger partial charge in [-0.1, -0.05) is 163 Å². The van der Waals surface area contributed by atoms with Crippen LogP contribution in [0.2, 0.25) is 10.1 Å². The average molecular weight is 726 g/mol. The molecule has 0 spiro atoms. The number of rotatable bonds is 11. The van der Waals surface area contributed by atoms with Gasteiger partial charge in [0, 0.05) is 25.2 Å².